The number of hydrogen-bond acceptors (Lipinski definition) is 4. The van der Waals surface area contributed by atoms with E-state index in [2.05, 4.69) is 0 Å². The highest BCUT2D eigenvalue weighted by atomic mass is 16.6. The molecule has 0 unspecified atom stereocenters. The smallest absolute Gasteiger partial charge is 0.331 e. The van der Waals surface area contributed by atoms with Gasteiger partial charge in [0.2, 0.25) is 0 Å². The van der Waals surface area contributed by atoms with Crippen LogP contribution >= 0.6 is 0 Å². The van der Waals surface area contributed by atoms with E-state index in [4.69, 9.17) is 9.47 Å². The lowest BCUT2D eigenvalue weighted by Gasteiger charge is -2.55. The summed E-state index contributed by atoms with van der Waals surface area (Å²) in [5, 5.41) is 0. The predicted molar refractivity (Wildman–Crippen MR) is 77.4 cm³/mol. The summed E-state index contributed by atoms with van der Waals surface area (Å²) < 4.78 is 10.7. The molecule has 0 spiro atoms. The third kappa shape index (κ3) is 3.30. The van der Waals surface area contributed by atoms with E-state index in [1.165, 1.54) is 31.4 Å². The van der Waals surface area contributed by atoms with Gasteiger partial charge in [-0.1, -0.05) is 0 Å². The lowest BCUT2D eigenvalue weighted by molar-refractivity contribution is -0.181. The Morgan fingerprint density at radius 3 is 1.90 bits per heavy atom. The lowest BCUT2D eigenvalue weighted by Crippen LogP contribution is -2.52. The van der Waals surface area contributed by atoms with Gasteiger partial charge in [0.25, 0.3) is 0 Å². The second kappa shape index (κ2) is 5.47. The first-order valence-corrected chi connectivity index (χ1v) is 8.06. The lowest BCUT2D eigenvalue weighted by atomic mass is 9.54. The van der Waals surface area contributed by atoms with Crippen LogP contribution < -0.4 is 0 Å². The summed E-state index contributed by atoms with van der Waals surface area (Å²) in [7, 11) is 0. The van der Waals surface area contributed by atoms with Gasteiger partial charge in [-0.2, -0.15) is 0 Å². The molecule has 0 aromatic heterocycles. The van der Waals surface area contributed by atoms with E-state index in [0.29, 0.717) is 0 Å². The van der Waals surface area contributed by atoms with Crippen LogP contribution in [0, 0.1) is 17.8 Å². The van der Waals surface area contributed by atoms with E-state index >= 15 is 0 Å². The van der Waals surface area contributed by atoms with Crippen molar-refractivity contribution in [1.29, 1.82) is 0 Å². The molecular formula is C17H24O4. The first kappa shape index (κ1) is 14.6. The maximum absolute atomic E-state index is 12.0. The average Bonchev–Trinajstić information content (AvgIpc) is 2.33. The zero-order valence-corrected chi connectivity index (χ0v) is 12.8. The van der Waals surface area contributed by atoms with Crippen molar-refractivity contribution in [3.8, 4) is 0 Å². The maximum atomic E-state index is 12.0. The summed E-state index contributed by atoms with van der Waals surface area (Å²) in [5.74, 6) is 1.31. The standard InChI is InChI=1S/C17H24O4/c1-11(2)20-15(18)3-4-16(19)21-17-8-12-5-13(9-17)7-14(6-12)10-17/h3-4,11-14H,5-10H2,1-2H3. The molecule has 116 valence electrons. The van der Waals surface area contributed by atoms with Crippen LogP contribution in [-0.4, -0.2) is 23.6 Å². The Balaban J connectivity index is 1.58. The van der Waals surface area contributed by atoms with Gasteiger partial charge in [-0.05, 0) is 70.1 Å². The number of ether oxygens (including phenoxy) is 2. The van der Waals surface area contributed by atoms with E-state index in [-0.39, 0.29) is 11.7 Å². The fraction of sp³-hybridized carbons (Fsp3) is 0.765. The Hall–Kier alpha value is -1.32. The zero-order valence-electron chi connectivity index (χ0n) is 12.8. The fourth-order valence-electron chi connectivity index (χ4n) is 4.81. The van der Waals surface area contributed by atoms with Crippen LogP contribution in [0.1, 0.15) is 52.4 Å². The van der Waals surface area contributed by atoms with Gasteiger partial charge in [-0.15, -0.1) is 0 Å². The summed E-state index contributed by atoms with van der Waals surface area (Å²) in [6, 6.07) is 0. The van der Waals surface area contributed by atoms with Crippen LogP contribution in [0.25, 0.3) is 0 Å². The average molecular weight is 292 g/mol. The molecule has 0 N–H and O–H groups in total. The van der Waals surface area contributed by atoms with Crippen LogP contribution in [0.3, 0.4) is 0 Å². The van der Waals surface area contributed by atoms with E-state index in [9.17, 15) is 9.59 Å². The van der Waals surface area contributed by atoms with E-state index in [1.54, 1.807) is 13.8 Å². The minimum atomic E-state index is -0.493. The SMILES string of the molecule is CC(C)OC(=O)C=CC(=O)OC12CC3CC(CC(C3)C1)C2. The first-order chi connectivity index (χ1) is 9.94. The van der Waals surface area contributed by atoms with Gasteiger partial charge >= 0.3 is 11.9 Å². The Bertz CT molecular complexity index is 428. The topological polar surface area (TPSA) is 52.6 Å². The van der Waals surface area contributed by atoms with Gasteiger partial charge in [0.05, 0.1) is 6.10 Å². The second-order valence-corrected chi connectivity index (χ2v) is 7.34. The summed E-state index contributed by atoms with van der Waals surface area (Å²) in [6.07, 6.45) is 9.17. The van der Waals surface area contributed by atoms with Gasteiger partial charge in [-0.25, -0.2) is 9.59 Å². The van der Waals surface area contributed by atoms with Gasteiger partial charge < -0.3 is 9.47 Å². The first-order valence-electron chi connectivity index (χ1n) is 8.06. The molecule has 0 radical (unpaired) electrons. The summed E-state index contributed by atoms with van der Waals surface area (Å²) >= 11 is 0. The molecule has 4 fully saturated rings. The molecule has 4 aliphatic carbocycles. The monoisotopic (exact) mass is 292 g/mol. The van der Waals surface area contributed by atoms with Crippen LogP contribution in [0.2, 0.25) is 0 Å². The van der Waals surface area contributed by atoms with Gasteiger partial charge in [-0.3, -0.25) is 0 Å². The molecule has 0 atom stereocenters. The highest BCUT2D eigenvalue weighted by molar-refractivity contribution is 5.91. The highest BCUT2D eigenvalue weighted by Crippen LogP contribution is 2.57. The van der Waals surface area contributed by atoms with Crippen molar-refractivity contribution in [2.75, 3.05) is 0 Å². The molecule has 0 heterocycles. The predicted octanol–water partition coefficient (Wildman–Crippen LogP) is 3.01. The normalized spacial score (nSPS) is 37.2. The molecule has 4 heteroatoms. The molecule has 21 heavy (non-hydrogen) atoms. The minimum Gasteiger partial charge on any atom is -0.460 e. The third-order valence-electron chi connectivity index (χ3n) is 5.01. The van der Waals surface area contributed by atoms with Crippen LogP contribution in [0.5, 0.6) is 0 Å². The molecular weight excluding hydrogens is 268 g/mol. The number of carbonyl (C=O) groups is 2. The van der Waals surface area contributed by atoms with Crippen LogP contribution in [0.15, 0.2) is 12.2 Å². The molecule has 0 aromatic rings. The second-order valence-electron chi connectivity index (χ2n) is 7.34. The maximum Gasteiger partial charge on any atom is 0.331 e. The Kier molecular flexibility index (Phi) is 3.80. The number of esters is 2. The molecule has 0 aliphatic heterocycles. The largest absolute Gasteiger partial charge is 0.460 e. The number of rotatable bonds is 4. The van der Waals surface area contributed by atoms with Crippen molar-refractivity contribution in [2.24, 2.45) is 17.8 Å². The van der Waals surface area contributed by atoms with E-state index < -0.39 is 11.9 Å². The van der Waals surface area contributed by atoms with Crippen molar-refractivity contribution in [3.05, 3.63) is 12.2 Å². The number of hydrogen-bond donors (Lipinski definition) is 0. The van der Waals surface area contributed by atoms with Crippen LogP contribution in [-0.2, 0) is 19.1 Å². The van der Waals surface area contributed by atoms with Gasteiger partial charge in [0.15, 0.2) is 0 Å². The molecule has 0 amide bonds. The molecule has 4 bridgehead atoms. The molecule has 4 aliphatic rings. The molecule has 0 saturated heterocycles. The molecule has 4 rings (SSSR count). The van der Waals surface area contributed by atoms with E-state index in [0.717, 1.165) is 37.0 Å². The molecule has 0 aromatic carbocycles. The Morgan fingerprint density at radius 2 is 1.43 bits per heavy atom. The van der Waals surface area contributed by atoms with Gasteiger partial charge in [0.1, 0.15) is 5.60 Å². The number of carbonyl (C=O) groups excluding carboxylic acids is 2. The van der Waals surface area contributed by atoms with Crippen molar-refractivity contribution < 1.29 is 19.1 Å². The summed E-state index contributed by atoms with van der Waals surface area (Å²) in [5.41, 5.74) is -0.252. The van der Waals surface area contributed by atoms with Crippen molar-refractivity contribution in [1.82, 2.24) is 0 Å². The molecule has 4 saturated carbocycles. The highest BCUT2D eigenvalue weighted by Gasteiger charge is 2.53. The summed E-state index contributed by atoms with van der Waals surface area (Å²) in [6.45, 7) is 3.55. The van der Waals surface area contributed by atoms with Crippen molar-refractivity contribution >= 4 is 11.9 Å². The Morgan fingerprint density at radius 1 is 0.952 bits per heavy atom. The summed E-state index contributed by atoms with van der Waals surface area (Å²) in [4.78, 5) is 23.4. The van der Waals surface area contributed by atoms with Gasteiger partial charge in [0, 0.05) is 12.2 Å². The van der Waals surface area contributed by atoms with Crippen molar-refractivity contribution in [3.63, 3.8) is 0 Å². The fourth-order valence-corrected chi connectivity index (χ4v) is 4.81. The Labute approximate surface area is 125 Å². The third-order valence-corrected chi connectivity index (χ3v) is 5.01. The van der Waals surface area contributed by atoms with E-state index in [1.807, 2.05) is 0 Å². The zero-order chi connectivity index (χ0) is 15.0. The minimum absolute atomic E-state index is 0.179. The molecule has 4 nitrogen and oxygen atoms in total. The van der Waals surface area contributed by atoms with Crippen molar-refractivity contribution in [2.45, 2.75) is 64.1 Å². The quantitative estimate of drug-likeness (QED) is 0.590. The van der Waals surface area contributed by atoms with Crippen LogP contribution in [0.4, 0.5) is 0 Å².